The van der Waals surface area contributed by atoms with Gasteiger partial charge in [0, 0.05) is 17.7 Å². The molecule has 1 heterocycles. The Labute approximate surface area is 154 Å². The van der Waals surface area contributed by atoms with E-state index in [2.05, 4.69) is 22.7 Å². The largest absolute Gasteiger partial charge is 0.355 e. The highest BCUT2D eigenvalue weighted by molar-refractivity contribution is 5.95. The van der Waals surface area contributed by atoms with E-state index in [1.54, 1.807) is 6.07 Å². The summed E-state index contributed by atoms with van der Waals surface area (Å²) in [6.45, 7) is 4.08. The molecule has 26 heavy (non-hydrogen) atoms. The molecule has 0 fully saturated rings. The lowest BCUT2D eigenvalue weighted by atomic mass is 10.1. The maximum atomic E-state index is 12.1. The smallest absolute Gasteiger partial charge is 0.273 e. The van der Waals surface area contributed by atoms with Crippen LogP contribution in [0.2, 0.25) is 0 Å². The molecule has 0 aliphatic heterocycles. The third-order valence-electron chi connectivity index (χ3n) is 4.11. The SMILES string of the molecule is CCCCCCC(C)NC(=O)CNC(=O)c1cc(-c2ccccc2)on1. The Morgan fingerprint density at radius 2 is 1.92 bits per heavy atom. The Morgan fingerprint density at radius 1 is 1.15 bits per heavy atom. The van der Waals surface area contributed by atoms with Crippen LogP contribution in [-0.4, -0.2) is 29.6 Å². The number of unbranched alkanes of at least 4 members (excludes halogenated alkanes) is 3. The normalized spacial score (nSPS) is 11.8. The van der Waals surface area contributed by atoms with Crippen molar-refractivity contribution in [1.82, 2.24) is 15.8 Å². The number of rotatable bonds is 10. The molecule has 1 aromatic carbocycles. The van der Waals surface area contributed by atoms with Crippen molar-refractivity contribution in [1.29, 1.82) is 0 Å². The maximum Gasteiger partial charge on any atom is 0.273 e. The summed E-state index contributed by atoms with van der Waals surface area (Å²) in [5.74, 6) is -0.115. The van der Waals surface area contributed by atoms with Crippen LogP contribution in [0, 0.1) is 0 Å². The highest BCUT2D eigenvalue weighted by Crippen LogP contribution is 2.19. The zero-order valence-corrected chi connectivity index (χ0v) is 15.5. The molecule has 0 spiro atoms. The first kappa shape index (κ1) is 19.7. The van der Waals surface area contributed by atoms with Crippen molar-refractivity contribution in [2.75, 3.05) is 6.54 Å². The second-order valence-corrected chi connectivity index (χ2v) is 6.44. The third-order valence-corrected chi connectivity index (χ3v) is 4.11. The van der Waals surface area contributed by atoms with Crippen molar-refractivity contribution >= 4 is 11.8 Å². The van der Waals surface area contributed by atoms with Crippen molar-refractivity contribution < 1.29 is 14.1 Å². The van der Waals surface area contributed by atoms with E-state index in [0.717, 1.165) is 18.4 Å². The number of hydrogen-bond acceptors (Lipinski definition) is 4. The molecule has 0 saturated heterocycles. The minimum absolute atomic E-state index is 0.0777. The molecule has 0 bridgehead atoms. The topological polar surface area (TPSA) is 84.2 Å². The number of carbonyl (C=O) groups is 2. The molecule has 2 aromatic rings. The summed E-state index contributed by atoms with van der Waals surface area (Å²) in [5.41, 5.74) is 0.998. The molecule has 0 saturated carbocycles. The summed E-state index contributed by atoms with van der Waals surface area (Å²) in [4.78, 5) is 24.0. The Balaban J connectivity index is 1.74. The fourth-order valence-electron chi connectivity index (χ4n) is 2.65. The van der Waals surface area contributed by atoms with E-state index in [1.165, 1.54) is 19.3 Å². The number of benzene rings is 1. The number of hydrogen-bond donors (Lipinski definition) is 2. The monoisotopic (exact) mass is 357 g/mol. The van der Waals surface area contributed by atoms with Gasteiger partial charge in [-0.1, -0.05) is 68.1 Å². The van der Waals surface area contributed by atoms with E-state index in [4.69, 9.17) is 4.52 Å². The van der Waals surface area contributed by atoms with E-state index in [-0.39, 0.29) is 24.2 Å². The predicted molar refractivity (Wildman–Crippen MR) is 101 cm³/mol. The van der Waals surface area contributed by atoms with Gasteiger partial charge in [-0.05, 0) is 13.3 Å². The fraction of sp³-hybridized carbons (Fsp3) is 0.450. The van der Waals surface area contributed by atoms with Crippen molar-refractivity contribution in [3.05, 3.63) is 42.1 Å². The number of aromatic nitrogens is 1. The van der Waals surface area contributed by atoms with Crippen LogP contribution < -0.4 is 10.6 Å². The van der Waals surface area contributed by atoms with Gasteiger partial charge in [-0.2, -0.15) is 0 Å². The highest BCUT2D eigenvalue weighted by Gasteiger charge is 2.15. The van der Waals surface area contributed by atoms with E-state index in [9.17, 15) is 9.59 Å². The van der Waals surface area contributed by atoms with E-state index < -0.39 is 5.91 Å². The van der Waals surface area contributed by atoms with Crippen LogP contribution in [0.15, 0.2) is 40.9 Å². The quantitative estimate of drug-likeness (QED) is 0.637. The predicted octanol–water partition coefficient (Wildman–Crippen LogP) is 3.55. The van der Waals surface area contributed by atoms with E-state index >= 15 is 0 Å². The van der Waals surface area contributed by atoms with Gasteiger partial charge in [0.25, 0.3) is 5.91 Å². The molecule has 6 heteroatoms. The van der Waals surface area contributed by atoms with Gasteiger partial charge in [-0.3, -0.25) is 9.59 Å². The lowest BCUT2D eigenvalue weighted by Crippen LogP contribution is -2.40. The van der Waals surface area contributed by atoms with Gasteiger partial charge in [-0.25, -0.2) is 0 Å². The zero-order chi connectivity index (χ0) is 18.8. The molecule has 140 valence electrons. The molecule has 1 unspecified atom stereocenters. The van der Waals surface area contributed by atoms with Gasteiger partial charge in [0.15, 0.2) is 11.5 Å². The zero-order valence-electron chi connectivity index (χ0n) is 15.5. The van der Waals surface area contributed by atoms with Crippen molar-refractivity contribution in [2.45, 2.75) is 52.0 Å². The summed E-state index contributed by atoms with van der Waals surface area (Å²) >= 11 is 0. The van der Waals surface area contributed by atoms with Crippen LogP contribution >= 0.6 is 0 Å². The van der Waals surface area contributed by atoms with Crippen LogP contribution in [0.4, 0.5) is 0 Å². The van der Waals surface area contributed by atoms with E-state index in [1.807, 2.05) is 37.3 Å². The molecule has 6 nitrogen and oxygen atoms in total. The molecule has 0 radical (unpaired) electrons. The van der Waals surface area contributed by atoms with Crippen molar-refractivity contribution in [3.63, 3.8) is 0 Å². The van der Waals surface area contributed by atoms with Crippen LogP contribution in [0.1, 0.15) is 56.4 Å². The molecule has 0 aliphatic carbocycles. The first-order valence-corrected chi connectivity index (χ1v) is 9.20. The second kappa shape index (κ2) is 10.4. The van der Waals surface area contributed by atoms with Crippen LogP contribution in [-0.2, 0) is 4.79 Å². The summed E-state index contributed by atoms with van der Waals surface area (Å²) in [7, 11) is 0. The Kier molecular flexibility index (Phi) is 7.86. The summed E-state index contributed by atoms with van der Waals surface area (Å²) < 4.78 is 5.20. The minimum atomic E-state index is -0.429. The molecule has 2 amide bonds. The maximum absolute atomic E-state index is 12.1. The standard InChI is InChI=1S/C20H27N3O3/c1-3-4-5-7-10-15(2)22-19(24)14-21-20(25)17-13-18(26-23-17)16-11-8-6-9-12-16/h6,8-9,11-13,15H,3-5,7,10,14H2,1-2H3,(H,21,25)(H,22,24). The highest BCUT2D eigenvalue weighted by atomic mass is 16.5. The van der Waals surface area contributed by atoms with Crippen LogP contribution in [0.3, 0.4) is 0 Å². The first-order valence-electron chi connectivity index (χ1n) is 9.20. The van der Waals surface area contributed by atoms with Gasteiger partial charge in [0.2, 0.25) is 5.91 Å². The number of nitrogens with one attached hydrogen (secondary N) is 2. The second-order valence-electron chi connectivity index (χ2n) is 6.44. The van der Waals surface area contributed by atoms with Crippen molar-refractivity contribution in [3.8, 4) is 11.3 Å². The van der Waals surface area contributed by atoms with Crippen LogP contribution in [0.5, 0.6) is 0 Å². The Hall–Kier alpha value is -2.63. The summed E-state index contributed by atoms with van der Waals surface area (Å²) in [5, 5.41) is 9.24. The number of amides is 2. The number of carbonyl (C=O) groups excluding carboxylic acids is 2. The fourth-order valence-corrected chi connectivity index (χ4v) is 2.65. The Bertz CT molecular complexity index is 697. The summed E-state index contributed by atoms with van der Waals surface area (Å²) in [6, 6.07) is 11.1. The molecule has 2 rings (SSSR count). The lowest BCUT2D eigenvalue weighted by molar-refractivity contribution is -0.120. The Morgan fingerprint density at radius 3 is 2.65 bits per heavy atom. The average Bonchev–Trinajstić information content (AvgIpc) is 3.14. The van der Waals surface area contributed by atoms with Crippen LogP contribution in [0.25, 0.3) is 11.3 Å². The molecule has 1 aromatic heterocycles. The molecule has 1 atom stereocenters. The first-order chi connectivity index (χ1) is 12.6. The van der Waals surface area contributed by atoms with Gasteiger partial charge >= 0.3 is 0 Å². The molecule has 0 aliphatic rings. The molecular weight excluding hydrogens is 330 g/mol. The molecule has 2 N–H and O–H groups in total. The van der Waals surface area contributed by atoms with Gasteiger partial charge in [0.1, 0.15) is 0 Å². The lowest BCUT2D eigenvalue weighted by Gasteiger charge is -2.13. The van der Waals surface area contributed by atoms with Gasteiger partial charge < -0.3 is 15.2 Å². The minimum Gasteiger partial charge on any atom is -0.355 e. The summed E-state index contributed by atoms with van der Waals surface area (Å²) in [6.07, 6.45) is 5.65. The van der Waals surface area contributed by atoms with E-state index in [0.29, 0.717) is 5.76 Å². The molecular formula is C20H27N3O3. The average molecular weight is 357 g/mol. The van der Waals surface area contributed by atoms with Crippen molar-refractivity contribution in [2.24, 2.45) is 0 Å². The van der Waals surface area contributed by atoms with Gasteiger partial charge in [0.05, 0.1) is 6.54 Å². The van der Waals surface area contributed by atoms with Gasteiger partial charge in [-0.15, -0.1) is 0 Å². The number of nitrogens with zero attached hydrogens (tertiary/aromatic N) is 1. The third kappa shape index (κ3) is 6.35.